The molecule has 0 radical (unpaired) electrons. The fourth-order valence-electron chi connectivity index (χ4n) is 8.63. The first-order valence-electron chi connectivity index (χ1n) is 19.3. The molecule has 3 aliphatic heterocycles. The normalized spacial score (nSPS) is 19.0. The first-order chi connectivity index (χ1) is 26.5. The number of likely N-dealkylation sites (tertiary alicyclic amines) is 1. The third kappa shape index (κ3) is 7.33. The molecule has 2 N–H and O–H groups in total. The van der Waals surface area contributed by atoms with E-state index in [1.807, 2.05) is 44.3 Å². The highest BCUT2D eigenvalue weighted by Gasteiger charge is 2.39. The van der Waals surface area contributed by atoms with Crippen molar-refractivity contribution >= 4 is 34.4 Å². The topological polar surface area (TPSA) is 120 Å². The van der Waals surface area contributed by atoms with Gasteiger partial charge in [0.25, 0.3) is 5.91 Å². The number of piperidine rings is 2. The molecule has 2 aromatic heterocycles. The number of rotatable bonds is 9. The highest BCUT2D eigenvalue weighted by Crippen LogP contribution is 2.35. The van der Waals surface area contributed by atoms with Crippen LogP contribution in [0.3, 0.4) is 0 Å². The van der Waals surface area contributed by atoms with E-state index in [0.717, 1.165) is 77.1 Å². The van der Waals surface area contributed by atoms with Gasteiger partial charge >= 0.3 is 0 Å². The molecule has 11 heteroatoms. The van der Waals surface area contributed by atoms with Gasteiger partial charge in [0, 0.05) is 36.0 Å². The zero-order valence-electron chi connectivity index (χ0n) is 31.7. The van der Waals surface area contributed by atoms with Crippen LogP contribution in [0.1, 0.15) is 107 Å². The van der Waals surface area contributed by atoms with Crippen LogP contribution in [-0.4, -0.2) is 61.6 Å². The molecule has 2 fully saturated rings. The minimum absolute atomic E-state index is 0.109. The molecule has 2 saturated heterocycles. The third-order valence-corrected chi connectivity index (χ3v) is 11.6. The molecule has 3 unspecified atom stereocenters. The number of hydrogen-bond acceptors (Lipinski definition) is 8. The summed E-state index contributed by atoms with van der Waals surface area (Å²) in [5, 5.41) is 6.85. The summed E-state index contributed by atoms with van der Waals surface area (Å²) >= 11 is 0. The first kappa shape index (κ1) is 36.4. The van der Waals surface area contributed by atoms with Crippen molar-refractivity contribution in [2.75, 3.05) is 18.4 Å². The number of alkyl halides is 1. The minimum Gasteiger partial charge on any atom is -0.363 e. The van der Waals surface area contributed by atoms with Crippen LogP contribution in [0.25, 0.3) is 22.2 Å². The number of fused-ring (bicyclic) bond motifs is 2. The fourth-order valence-corrected chi connectivity index (χ4v) is 8.63. The standard InChI is InChI=1S/C44H46FN7O3/c1-25-34(26(2)45)9-6-10-35(25)27(3)47-42-37-21-38(46-22-39(37)48-28(4)49-42)32-8-5-7-29(19-32)23-51-17-15-30(16-18-51)31-11-12-36-33(20-31)24-52(44(36)55)40-13-14-41(53)50-43(40)54/h5-12,19-22,26-27,30,40H,13-18,23-24H2,1-4H3,(H,47,48,49)(H,50,53,54). The van der Waals surface area contributed by atoms with Crippen LogP contribution in [0.5, 0.6) is 0 Å². The maximum absolute atomic E-state index is 14.3. The van der Waals surface area contributed by atoms with E-state index in [4.69, 9.17) is 9.97 Å². The number of anilines is 1. The number of benzene rings is 3. The number of aromatic nitrogens is 3. The van der Waals surface area contributed by atoms with Crippen molar-refractivity contribution in [2.24, 2.45) is 0 Å². The molecule has 3 atom stereocenters. The van der Waals surface area contributed by atoms with Gasteiger partial charge in [-0.1, -0.05) is 48.5 Å². The quantitative estimate of drug-likeness (QED) is 0.148. The second-order valence-electron chi connectivity index (χ2n) is 15.3. The molecule has 5 aromatic rings. The zero-order chi connectivity index (χ0) is 38.4. The van der Waals surface area contributed by atoms with E-state index in [-0.39, 0.29) is 30.2 Å². The molecule has 0 spiro atoms. The molecule has 0 aliphatic carbocycles. The second-order valence-corrected chi connectivity index (χ2v) is 15.3. The van der Waals surface area contributed by atoms with Crippen molar-refractivity contribution in [2.45, 2.75) is 90.6 Å². The molecular weight excluding hydrogens is 694 g/mol. The lowest BCUT2D eigenvalue weighted by molar-refractivity contribution is -0.136. The van der Waals surface area contributed by atoms with E-state index >= 15 is 0 Å². The van der Waals surface area contributed by atoms with Gasteiger partial charge in [0.05, 0.1) is 23.4 Å². The second kappa shape index (κ2) is 14.9. The molecular formula is C44H46FN7O3. The maximum Gasteiger partial charge on any atom is 0.255 e. The summed E-state index contributed by atoms with van der Waals surface area (Å²) in [7, 11) is 0. The van der Waals surface area contributed by atoms with Gasteiger partial charge in [0.15, 0.2) is 0 Å². The van der Waals surface area contributed by atoms with Gasteiger partial charge in [-0.2, -0.15) is 0 Å². The Bertz CT molecular complexity index is 2320. The van der Waals surface area contributed by atoms with Crippen molar-refractivity contribution in [1.82, 2.24) is 30.1 Å². The monoisotopic (exact) mass is 739 g/mol. The number of pyridine rings is 1. The van der Waals surface area contributed by atoms with Crippen LogP contribution in [0.4, 0.5) is 10.2 Å². The highest BCUT2D eigenvalue weighted by molar-refractivity contribution is 6.05. The smallest absolute Gasteiger partial charge is 0.255 e. The van der Waals surface area contributed by atoms with Crippen molar-refractivity contribution in [3.8, 4) is 11.3 Å². The molecule has 8 rings (SSSR count). The lowest BCUT2D eigenvalue weighted by atomic mass is 9.87. The van der Waals surface area contributed by atoms with Gasteiger partial charge in [-0.05, 0) is 118 Å². The lowest BCUT2D eigenvalue weighted by Gasteiger charge is -2.32. The molecule has 3 aliphatic rings. The van der Waals surface area contributed by atoms with Crippen LogP contribution >= 0.6 is 0 Å². The van der Waals surface area contributed by atoms with Crippen molar-refractivity contribution in [3.63, 3.8) is 0 Å². The number of halogens is 1. The van der Waals surface area contributed by atoms with E-state index in [2.05, 4.69) is 69.9 Å². The molecule has 10 nitrogen and oxygen atoms in total. The van der Waals surface area contributed by atoms with E-state index < -0.39 is 12.2 Å². The summed E-state index contributed by atoms with van der Waals surface area (Å²) in [5.74, 6) is 0.961. The van der Waals surface area contributed by atoms with Crippen LogP contribution in [-0.2, 0) is 22.7 Å². The Balaban J connectivity index is 0.933. The number of carbonyl (C=O) groups excluding carboxylic acids is 3. The molecule has 5 heterocycles. The zero-order valence-corrected chi connectivity index (χ0v) is 31.7. The summed E-state index contributed by atoms with van der Waals surface area (Å²) < 4.78 is 14.3. The Kier molecular flexibility index (Phi) is 9.89. The maximum atomic E-state index is 14.3. The van der Waals surface area contributed by atoms with Gasteiger partial charge in [-0.25, -0.2) is 14.4 Å². The summed E-state index contributed by atoms with van der Waals surface area (Å²) in [6, 6.07) is 21.8. The molecule has 3 aromatic carbocycles. The Morgan fingerprint density at radius 2 is 1.71 bits per heavy atom. The molecule has 0 bridgehead atoms. The lowest BCUT2D eigenvalue weighted by Crippen LogP contribution is -2.52. The minimum atomic E-state index is -1.04. The number of nitrogens with zero attached hydrogens (tertiary/aromatic N) is 5. The number of hydrogen-bond donors (Lipinski definition) is 2. The van der Waals surface area contributed by atoms with Crippen molar-refractivity contribution < 1.29 is 18.8 Å². The Morgan fingerprint density at radius 1 is 0.927 bits per heavy atom. The van der Waals surface area contributed by atoms with Crippen molar-refractivity contribution in [1.29, 1.82) is 0 Å². The molecule has 282 valence electrons. The van der Waals surface area contributed by atoms with Gasteiger partial charge in [-0.15, -0.1) is 0 Å². The average molecular weight is 740 g/mol. The number of amides is 3. The van der Waals surface area contributed by atoms with Gasteiger partial charge in [-0.3, -0.25) is 29.6 Å². The van der Waals surface area contributed by atoms with Gasteiger partial charge in [0.1, 0.15) is 23.9 Å². The first-order valence-corrected chi connectivity index (χ1v) is 19.3. The predicted octanol–water partition coefficient (Wildman–Crippen LogP) is 7.65. The van der Waals surface area contributed by atoms with Gasteiger partial charge in [0.2, 0.25) is 11.8 Å². The predicted molar refractivity (Wildman–Crippen MR) is 210 cm³/mol. The summed E-state index contributed by atoms with van der Waals surface area (Å²) in [6.07, 6.45) is 3.41. The molecule has 3 amide bonds. The van der Waals surface area contributed by atoms with E-state index in [1.54, 1.807) is 11.8 Å². The summed E-state index contributed by atoms with van der Waals surface area (Å²) in [5.41, 5.74) is 9.35. The Labute approximate surface area is 320 Å². The van der Waals surface area contributed by atoms with Crippen LogP contribution in [0.15, 0.2) is 72.9 Å². The SMILES string of the molecule is Cc1nc(NC(C)c2cccc(C(C)F)c2C)c2cc(-c3cccc(CN4CCC(c5ccc6c(c5)CN(C5CCC(=O)NC5=O)C6=O)CC4)c3)ncc2n1. The Hall–Kier alpha value is -5.55. The summed E-state index contributed by atoms with van der Waals surface area (Å²) in [6.45, 7) is 10.6. The fraction of sp³-hybridized carbons (Fsp3) is 0.364. The number of nitrogens with one attached hydrogen (secondary N) is 2. The largest absolute Gasteiger partial charge is 0.363 e. The third-order valence-electron chi connectivity index (χ3n) is 11.6. The van der Waals surface area contributed by atoms with E-state index in [9.17, 15) is 18.8 Å². The number of aryl methyl sites for hydroxylation is 1. The highest BCUT2D eigenvalue weighted by atomic mass is 19.1. The van der Waals surface area contributed by atoms with E-state index in [1.165, 1.54) is 11.1 Å². The van der Waals surface area contributed by atoms with Crippen molar-refractivity contribution in [3.05, 3.63) is 118 Å². The molecule has 0 saturated carbocycles. The van der Waals surface area contributed by atoms with E-state index in [0.29, 0.717) is 35.8 Å². The summed E-state index contributed by atoms with van der Waals surface area (Å²) in [4.78, 5) is 55.7. The van der Waals surface area contributed by atoms with Crippen LogP contribution in [0.2, 0.25) is 0 Å². The number of carbonyl (C=O) groups is 3. The number of imide groups is 1. The molecule has 55 heavy (non-hydrogen) atoms. The van der Waals surface area contributed by atoms with Gasteiger partial charge < -0.3 is 10.2 Å². The van der Waals surface area contributed by atoms with Crippen LogP contribution < -0.4 is 10.6 Å². The van der Waals surface area contributed by atoms with Crippen LogP contribution in [0, 0.1) is 13.8 Å². The average Bonchev–Trinajstić information content (AvgIpc) is 3.49. The Morgan fingerprint density at radius 3 is 2.49 bits per heavy atom.